The maximum absolute atomic E-state index is 11.3. The topological polar surface area (TPSA) is 61.4 Å². The van der Waals surface area contributed by atoms with E-state index in [2.05, 4.69) is 10.6 Å². The second kappa shape index (κ2) is 6.85. The van der Waals surface area contributed by atoms with E-state index in [9.17, 15) is 4.79 Å². The highest BCUT2D eigenvalue weighted by molar-refractivity contribution is 5.74. The molecule has 0 fully saturated rings. The van der Waals surface area contributed by atoms with Gasteiger partial charge in [0.15, 0.2) is 0 Å². The lowest BCUT2D eigenvalue weighted by molar-refractivity contribution is 0.216. The highest BCUT2D eigenvalue weighted by Crippen LogP contribution is 2.02. The zero-order valence-corrected chi connectivity index (χ0v) is 9.44. The van der Waals surface area contributed by atoms with E-state index in [1.54, 1.807) is 0 Å². The number of rotatable bonds is 5. The number of hydrogen-bond acceptors (Lipinski definition) is 2. The van der Waals surface area contributed by atoms with Crippen molar-refractivity contribution in [1.29, 1.82) is 0 Å². The summed E-state index contributed by atoms with van der Waals surface area (Å²) in [6, 6.07) is 9.29. The summed E-state index contributed by atoms with van der Waals surface area (Å²) in [6.45, 7) is 2.37. The van der Waals surface area contributed by atoms with Crippen LogP contribution in [0.4, 0.5) is 4.79 Å². The first-order chi connectivity index (χ1) is 7.76. The van der Waals surface area contributed by atoms with Gasteiger partial charge in [-0.25, -0.2) is 4.79 Å². The molecule has 1 aromatic rings. The van der Waals surface area contributed by atoms with Crippen molar-refractivity contribution in [3.8, 4) is 0 Å². The number of aliphatic hydroxyl groups is 1. The smallest absolute Gasteiger partial charge is 0.315 e. The van der Waals surface area contributed by atoms with E-state index in [4.69, 9.17) is 5.11 Å². The number of benzene rings is 1. The fourth-order valence-electron chi connectivity index (χ4n) is 1.46. The third kappa shape index (κ3) is 4.31. The molecule has 0 radical (unpaired) electrons. The van der Waals surface area contributed by atoms with Gasteiger partial charge in [-0.2, -0.15) is 0 Å². The van der Waals surface area contributed by atoms with Crippen LogP contribution in [0.5, 0.6) is 0 Å². The third-order valence-corrected chi connectivity index (χ3v) is 2.22. The molecule has 4 nitrogen and oxygen atoms in total. The summed E-state index contributed by atoms with van der Waals surface area (Å²) in [5.41, 5.74) is 1.10. The first-order valence-electron chi connectivity index (χ1n) is 5.45. The summed E-state index contributed by atoms with van der Waals surface area (Å²) in [6.07, 6.45) is 0.633. The fraction of sp³-hybridized carbons (Fsp3) is 0.417. The lowest BCUT2D eigenvalue weighted by Crippen LogP contribution is -2.44. The fourth-order valence-corrected chi connectivity index (χ4v) is 1.46. The molecule has 0 aliphatic rings. The van der Waals surface area contributed by atoms with E-state index in [0.29, 0.717) is 13.0 Å². The molecule has 16 heavy (non-hydrogen) atoms. The lowest BCUT2D eigenvalue weighted by atomic mass is 10.1. The molecule has 0 aromatic heterocycles. The molecule has 88 valence electrons. The molecule has 1 aromatic carbocycles. The van der Waals surface area contributed by atoms with Crippen LogP contribution in [-0.2, 0) is 6.42 Å². The summed E-state index contributed by atoms with van der Waals surface area (Å²) in [7, 11) is 0. The Morgan fingerprint density at radius 1 is 1.38 bits per heavy atom. The molecule has 4 heteroatoms. The van der Waals surface area contributed by atoms with Crippen LogP contribution >= 0.6 is 0 Å². The van der Waals surface area contributed by atoms with Crippen LogP contribution in [0.3, 0.4) is 0 Å². The summed E-state index contributed by atoms with van der Waals surface area (Å²) >= 11 is 0. The van der Waals surface area contributed by atoms with Crippen LogP contribution in [0.1, 0.15) is 12.5 Å². The number of carbonyl (C=O) groups is 1. The minimum atomic E-state index is -0.242. The van der Waals surface area contributed by atoms with Crippen LogP contribution in [-0.4, -0.2) is 30.3 Å². The molecule has 3 N–H and O–H groups in total. The van der Waals surface area contributed by atoms with Gasteiger partial charge in [0.25, 0.3) is 0 Å². The lowest BCUT2D eigenvalue weighted by Gasteiger charge is -2.16. The van der Waals surface area contributed by atoms with Crippen molar-refractivity contribution in [2.45, 2.75) is 19.4 Å². The summed E-state index contributed by atoms with van der Waals surface area (Å²) < 4.78 is 0. The van der Waals surface area contributed by atoms with E-state index in [-0.39, 0.29) is 18.7 Å². The van der Waals surface area contributed by atoms with E-state index in [0.717, 1.165) is 5.56 Å². The zero-order valence-electron chi connectivity index (χ0n) is 9.44. The second-order valence-corrected chi connectivity index (χ2v) is 3.57. The van der Waals surface area contributed by atoms with Crippen molar-refractivity contribution in [2.24, 2.45) is 0 Å². The van der Waals surface area contributed by atoms with E-state index >= 15 is 0 Å². The number of hydrogen-bond donors (Lipinski definition) is 3. The van der Waals surface area contributed by atoms with Crippen molar-refractivity contribution < 1.29 is 9.90 Å². The van der Waals surface area contributed by atoms with Crippen molar-refractivity contribution >= 4 is 6.03 Å². The molecular weight excluding hydrogens is 204 g/mol. The highest BCUT2D eigenvalue weighted by Gasteiger charge is 2.10. The molecule has 0 bridgehead atoms. The first-order valence-corrected chi connectivity index (χ1v) is 5.45. The maximum Gasteiger partial charge on any atom is 0.315 e. The molecule has 0 saturated carbocycles. The monoisotopic (exact) mass is 222 g/mol. The second-order valence-electron chi connectivity index (χ2n) is 3.57. The zero-order chi connectivity index (χ0) is 11.8. The van der Waals surface area contributed by atoms with Gasteiger partial charge in [0, 0.05) is 6.54 Å². The number of amides is 2. The Kier molecular flexibility index (Phi) is 5.36. The molecular formula is C12H18N2O2. The van der Waals surface area contributed by atoms with Gasteiger partial charge in [0.1, 0.15) is 0 Å². The summed E-state index contributed by atoms with van der Waals surface area (Å²) in [5, 5.41) is 14.5. The summed E-state index contributed by atoms with van der Waals surface area (Å²) in [4.78, 5) is 11.3. The van der Waals surface area contributed by atoms with Gasteiger partial charge >= 0.3 is 6.03 Å². The largest absolute Gasteiger partial charge is 0.394 e. The van der Waals surface area contributed by atoms with Crippen LogP contribution in [0, 0.1) is 0 Å². The Morgan fingerprint density at radius 3 is 2.62 bits per heavy atom. The van der Waals surface area contributed by atoms with Gasteiger partial charge in [-0.15, -0.1) is 0 Å². The molecule has 0 unspecified atom stereocenters. The van der Waals surface area contributed by atoms with Gasteiger partial charge in [-0.1, -0.05) is 30.3 Å². The van der Waals surface area contributed by atoms with E-state index in [1.807, 2.05) is 37.3 Å². The van der Waals surface area contributed by atoms with Gasteiger partial charge in [-0.05, 0) is 18.9 Å². The van der Waals surface area contributed by atoms with Crippen LogP contribution in [0.2, 0.25) is 0 Å². The third-order valence-electron chi connectivity index (χ3n) is 2.22. The van der Waals surface area contributed by atoms with E-state index < -0.39 is 0 Å². The Bertz CT molecular complexity index is 314. The number of nitrogens with one attached hydrogen (secondary N) is 2. The molecule has 0 aliphatic carbocycles. The molecule has 0 saturated heterocycles. The quantitative estimate of drug-likeness (QED) is 0.693. The van der Waals surface area contributed by atoms with Crippen molar-refractivity contribution in [1.82, 2.24) is 10.6 Å². The normalized spacial score (nSPS) is 11.9. The minimum absolute atomic E-state index is 0.0635. The molecule has 1 atom stereocenters. The standard InChI is InChI=1S/C12H18N2O2/c1-2-13-12(16)14-11(9-15)8-10-6-4-3-5-7-10/h3-7,11,15H,2,8-9H2,1H3,(H2,13,14,16)/t11-/m0/s1. The Balaban J connectivity index is 2.46. The van der Waals surface area contributed by atoms with Gasteiger partial charge in [0.05, 0.1) is 12.6 Å². The SMILES string of the molecule is CCNC(=O)N[C@H](CO)Cc1ccccc1. The first kappa shape index (κ1) is 12.5. The Morgan fingerprint density at radius 2 is 2.06 bits per heavy atom. The number of urea groups is 1. The van der Waals surface area contributed by atoms with E-state index in [1.165, 1.54) is 0 Å². The Labute approximate surface area is 95.7 Å². The molecule has 0 aliphatic heterocycles. The number of carbonyl (C=O) groups excluding carboxylic acids is 1. The minimum Gasteiger partial charge on any atom is -0.394 e. The van der Waals surface area contributed by atoms with Crippen LogP contribution in [0.25, 0.3) is 0 Å². The predicted octanol–water partition coefficient (Wildman–Crippen LogP) is 0.909. The van der Waals surface area contributed by atoms with Crippen molar-refractivity contribution in [3.05, 3.63) is 35.9 Å². The average Bonchev–Trinajstić information content (AvgIpc) is 2.30. The summed E-state index contributed by atoms with van der Waals surface area (Å²) in [5.74, 6) is 0. The van der Waals surface area contributed by atoms with Crippen molar-refractivity contribution in [3.63, 3.8) is 0 Å². The number of aliphatic hydroxyl groups excluding tert-OH is 1. The van der Waals surface area contributed by atoms with Gasteiger partial charge in [-0.3, -0.25) is 0 Å². The van der Waals surface area contributed by atoms with Crippen LogP contribution < -0.4 is 10.6 Å². The molecule has 0 spiro atoms. The van der Waals surface area contributed by atoms with Crippen molar-refractivity contribution in [2.75, 3.05) is 13.2 Å². The highest BCUT2D eigenvalue weighted by atomic mass is 16.3. The molecule has 2 amide bonds. The predicted molar refractivity (Wildman–Crippen MR) is 63.2 cm³/mol. The van der Waals surface area contributed by atoms with Crippen LogP contribution in [0.15, 0.2) is 30.3 Å². The van der Waals surface area contributed by atoms with Gasteiger partial charge in [0.2, 0.25) is 0 Å². The average molecular weight is 222 g/mol. The maximum atomic E-state index is 11.3. The van der Waals surface area contributed by atoms with Gasteiger partial charge < -0.3 is 15.7 Å². The molecule has 0 heterocycles. The Hall–Kier alpha value is -1.55. The molecule has 1 rings (SSSR count).